The lowest BCUT2D eigenvalue weighted by Gasteiger charge is -2.28. The molecule has 1 saturated heterocycles. The molecule has 2 aromatic heterocycles. The maximum atomic E-state index is 13.4. The first-order chi connectivity index (χ1) is 12.1. The third-order valence-corrected chi connectivity index (χ3v) is 5.00. The smallest absolute Gasteiger partial charge is 0.277 e. The second kappa shape index (κ2) is 6.53. The molecule has 2 unspecified atom stereocenters. The molecule has 1 fully saturated rings. The molecule has 0 radical (unpaired) electrons. The number of alkyl halides is 1. The van der Waals surface area contributed by atoms with E-state index in [4.69, 9.17) is 12.2 Å². The third-order valence-electron chi connectivity index (χ3n) is 4.68. The fourth-order valence-electron chi connectivity index (χ4n) is 3.40. The van der Waals surface area contributed by atoms with Gasteiger partial charge in [0.25, 0.3) is 5.56 Å². The predicted molar refractivity (Wildman–Crippen MR) is 96.0 cm³/mol. The van der Waals surface area contributed by atoms with Gasteiger partial charge in [-0.3, -0.25) is 14.3 Å². The van der Waals surface area contributed by atoms with Gasteiger partial charge in [0.2, 0.25) is 0 Å². The van der Waals surface area contributed by atoms with Gasteiger partial charge >= 0.3 is 0 Å². The zero-order chi connectivity index (χ0) is 17.4. The molecular formula is C17H18FN5OS. The maximum absolute atomic E-state index is 13.4. The molecule has 1 aromatic carbocycles. The van der Waals surface area contributed by atoms with Crippen LogP contribution in [0, 0.1) is 4.77 Å². The van der Waals surface area contributed by atoms with Crippen molar-refractivity contribution in [3.8, 4) is 0 Å². The third kappa shape index (κ3) is 3.03. The van der Waals surface area contributed by atoms with Gasteiger partial charge in [0.15, 0.2) is 10.4 Å². The van der Waals surface area contributed by atoms with E-state index in [-0.39, 0.29) is 11.6 Å². The SMILES string of the molecule is O=c1[nH]c(=S)n(Cc2ccccc2C2CCC(F)CN2)c2nc[nH]c12. The summed E-state index contributed by atoms with van der Waals surface area (Å²) >= 11 is 5.34. The van der Waals surface area contributed by atoms with Crippen LogP contribution in [0.5, 0.6) is 0 Å². The van der Waals surface area contributed by atoms with Crippen molar-refractivity contribution in [1.29, 1.82) is 0 Å². The molecular weight excluding hydrogens is 341 g/mol. The Labute approximate surface area is 148 Å². The van der Waals surface area contributed by atoms with Gasteiger partial charge < -0.3 is 10.3 Å². The van der Waals surface area contributed by atoms with E-state index in [2.05, 4.69) is 26.3 Å². The van der Waals surface area contributed by atoms with Crippen molar-refractivity contribution in [2.75, 3.05) is 6.54 Å². The fraction of sp³-hybridized carbons (Fsp3) is 0.353. The number of nitrogens with zero attached hydrogens (tertiary/aromatic N) is 2. The minimum absolute atomic E-state index is 0.120. The summed E-state index contributed by atoms with van der Waals surface area (Å²) < 4.78 is 15.6. The molecule has 2 atom stereocenters. The molecule has 3 N–H and O–H groups in total. The number of imidazole rings is 1. The molecule has 130 valence electrons. The van der Waals surface area contributed by atoms with Crippen molar-refractivity contribution in [3.05, 3.63) is 56.8 Å². The number of halogens is 1. The molecule has 25 heavy (non-hydrogen) atoms. The number of H-pyrrole nitrogens is 2. The topological polar surface area (TPSA) is 78.5 Å². The van der Waals surface area contributed by atoms with Crippen molar-refractivity contribution < 1.29 is 4.39 Å². The number of piperidine rings is 1. The highest BCUT2D eigenvalue weighted by molar-refractivity contribution is 7.71. The van der Waals surface area contributed by atoms with Gasteiger partial charge in [0.1, 0.15) is 11.7 Å². The van der Waals surface area contributed by atoms with Crippen LogP contribution in [0.1, 0.15) is 30.0 Å². The molecule has 0 saturated carbocycles. The summed E-state index contributed by atoms with van der Waals surface area (Å²) in [5.41, 5.74) is 2.87. The van der Waals surface area contributed by atoms with E-state index < -0.39 is 6.17 Å². The summed E-state index contributed by atoms with van der Waals surface area (Å²) in [5, 5.41) is 3.28. The average molecular weight is 359 g/mol. The molecule has 1 aliphatic heterocycles. The number of aromatic nitrogens is 4. The van der Waals surface area contributed by atoms with E-state index in [0.29, 0.717) is 35.4 Å². The van der Waals surface area contributed by atoms with Crippen molar-refractivity contribution in [2.45, 2.75) is 31.6 Å². The molecule has 0 amide bonds. The van der Waals surface area contributed by atoms with Crippen LogP contribution in [0.2, 0.25) is 0 Å². The van der Waals surface area contributed by atoms with Crippen LogP contribution in [0.25, 0.3) is 11.2 Å². The number of hydrogen-bond acceptors (Lipinski definition) is 4. The number of nitrogens with one attached hydrogen (secondary N) is 3. The Bertz CT molecular complexity index is 1020. The lowest BCUT2D eigenvalue weighted by molar-refractivity contribution is 0.233. The molecule has 3 heterocycles. The highest BCUT2D eigenvalue weighted by Crippen LogP contribution is 2.27. The molecule has 0 bridgehead atoms. The maximum Gasteiger partial charge on any atom is 0.277 e. The molecule has 6 nitrogen and oxygen atoms in total. The summed E-state index contributed by atoms with van der Waals surface area (Å²) in [7, 11) is 0. The minimum atomic E-state index is -0.778. The lowest BCUT2D eigenvalue weighted by Crippen LogP contribution is -2.34. The van der Waals surface area contributed by atoms with Crippen molar-refractivity contribution in [1.82, 2.24) is 24.8 Å². The van der Waals surface area contributed by atoms with Crippen LogP contribution in [-0.2, 0) is 6.54 Å². The zero-order valence-corrected chi connectivity index (χ0v) is 14.3. The Kier molecular flexibility index (Phi) is 4.22. The number of rotatable bonds is 3. The second-order valence-electron chi connectivity index (χ2n) is 6.28. The average Bonchev–Trinajstić information content (AvgIpc) is 3.10. The highest BCUT2D eigenvalue weighted by atomic mass is 32.1. The van der Waals surface area contributed by atoms with Crippen LogP contribution in [-0.4, -0.2) is 32.2 Å². The first-order valence-corrected chi connectivity index (χ1v) is 8.66. The van der Waals surface area contributed by atoms with Gasteiger partial charge in [-0.05, 0) is 36.2 Å². The van der Waals surface area contributed by atoms with Gasteiger partial charge in [-0.25, -0.2) is 9.37 Å². The molecule has 0 spiro atoms. The number of fused-ring (bicyclic) bond motifs is 1. The summed E-state index contributed by atoms with van der Waals surface area (Å²) in [6.07, 6.45) is 2.03. The normalized spacial score (nSPS) is 20.8. The van der Waals surface area contributed by atoms with Crippen molar-refractivity contribution >= 4 is 23.4 Å². The quantitative estimate of drug-likeness (QED) is 0.628. The van der Waals surface area contributed by atoms with Gasteiger partial charge in [-0.15, -0.1) is 0 Å². The lowest BCUT2D eigenvalue weighted by atomic mass is 9.93. The number of aromatic amines is 2. The number of hydrogen-bond donors (Lipinski definition) is 3. The minimum Gasteiger partial charge on any atom is -0.339 e. The molecule has 0 aliphatic carbocycles. The van der Waals surface area contributed by atoms with E-state index in [0.717, 1.165) is 17.5 Å². The first-order valence-electron chi connectivity index (χ1n) is 8.25. The summed E-state index contributed by atoms with van der Waals surface area (Å²) in [6, 6.07) is 8.16. The summed E-state index contributed by atoms with van der Waals surface area (Å²) in [5.74, 6) is 0. The Morgan fingerprint density at radius 3 is 2.96 bits per heavy atom. The van der Waals surface area contributed by atoms with Gasteiger partial charge in [0.05, 0.1) is 12.9 Å². The second-order valence-corrected chi connectivity index (χ2v) is 6.67. The van der Waals surface area contributed by atoms with Crippen LogP contribution in [0.15, 0.2) is 35.4 Å². The van der Waals surface area contributed by atoms with Crippen LogP contribution < -0.4 is 10.9 Å². The molecule has 3 aromatic rings. The molecule has 4 rings (SSSR count). The monoisotopic (exact) mass is 359 g/mol. The standard InChI is InChI=1S/C17H18FN5OS/c18-11-5-6-13(19-7-11)12-4-2-1-3-10(12)8-23-15-14(20-9-21-15)16(24)22-17(23)25/h1-4,9,11,13,19H,5-8H2,(H,20,21)(H,22,24,25). The van der Waals surface area contributed by atoms with Gasteiger partial charge in [0, 0.05) is 12.6 Å². The zero-order valence-electron chi connectivity index (χ0n) is 13.5. The van der Waals surface area contributed by atoms with Crippen LogP contribution >= 0.6 is 12.2 Å². The molecule has 1 aliphatic rings. The Balaban J connectivity index is 1.74. The van der Waals surface area contributed by atoms with Crippen LogP contribution in [0.4, 0.5) is 4.39 Å². The predicted octanol–water partition coefficient (Wildman–Crippen LogP) is 2.59. The van der Waals surface area contributed by atoms with E-state index in [1.807, 2.05) is 22.8 Å². The Hall–Kier alpha value is -2.32. The van der Waals surface area contributed by atoms with Gasteiger partial charge in [-0.2, -0.15) is 0 Å². The Morgan fingerprint density at radius 1 is 1.32 bits per heavy atom. The van der Waals surface area contributed by atoms with E-state index in [1.165, 1.54) is 6.33 Å². The summed E-state index contributed by atoms with van der Waals surface area (Å²) in [6.45, 7) is 0.866. The first kappa shape index (κ1) is 16.2. The number of benzene rings is 1. The van der Waals surface area contributed by atoms with E-state index in [9.17, 15) is 9.18 Å². The van der Waals surface area contributed by atoms with Crippen LogP contribution in [0.3, 0.4) is 0 Å². The van der Waals surface area contributed by atoms with E-state index in [1.54, 1.807) is 0 Å². The van der Waals surface area contributed by atoms with Crippen molar-refractivity contribution in [2.24, 2.45) is 0 Å². The van der Waals surface area contributed by atoms with Gasteiger partial charge in [-0.1, -0.05) is 24.3 Å². The largest absolute Gasteiger partial charge is 0.339 e. The summed E-state index contributed by atoms with van der Waals surface area (Å²) in [4.78, 5) is 21.7. The molecule has 8 heteroatoms. The highest BCUT2D eigenvalue weighted by Gasteiger charge is 2.23. The fourth-order valence-corrected chi connectivity index (χ4v) is 3.65. The van der Waals surface area contributed by atoms with E-state index >= 15 is 0 Å². The van der Waals surface area contributed by atoms with Crippen molar-refractivity contribution in [3.63, 3.8) is 0 Å². The Morgan fingerprint density at radius 2 is 2.16 bits per heavy atom.